The van der Waals surface area contributed by atoms with Gasteiger partial charge in [0.25, 0.3) is 0 Å². The molecule has 6 N–H and O–H groups in total. The maximum absolute atomic E-state index is 13.3. The average Bonchev–Trinajstić information content (AvgIpc) is 3.70. The lowest BCUT2D eigenvalue weighted by Gasteiger charge is -2.11. The molecule has 5 aromatic rings. The minimum atomic E-state index is -0.615. The molecule has 0 unspecified atom stereocenters. The highest BCUT2D eigenvalue weighted by molar-refractivity contribution is 7.16. The number of nitrogens with zero attached hydrogens (tertiary/aromatic N) is 5. The van der Waals surface area contributed by atoms with Crippen molar-refractivity contribution < 1.29 is 28.3 Å². The van der Waals surface area contributed by atoms with Crippen LogP contribution in [0.2, 0.25) is 0 Å². The molecule has 3 aromatic heterocycles. The molecule has 0 aliphatic heterocycles. The van der Waals surface area contributed by atoms with Crippen LogP contribution in [-0.2, 0) is 19.5 Å². The zero-order chi connectivity index (χ0) is 33.8. The molecule has 0 atom stereocenters. The van der Waals surface area contributed by atoms with E-state index in [0.717, 1.165) is 12.8 Å². The van der Waals surface area contributed by atoms with Gasteiger partial charge in [0, 0.05) is 31.1 Å². The third-order valence-corrected chi connectivity index (χ3v) is 8.42. The van der Waals surface area contributed by atoms with Gasteiger partial charge in [0.1, 0.15) is 22.5 Å². The number of fused-ring (bicyclic) bond motifs is 2. The van der Waals surface area contributed by atoms with Gasteiger partial charge < -0.3 is 40.2 Å². The summed E-state index contributed by atoms with van der Waals surface area (Å²) in [4.78, 5) is 50.8. The third kappa shape index (κ3) is 6.74. The zero-order valence-corrected chi connectivity index (χ0v) is 27.3. The summed E-state index contributed by atoms with van der Waals surface area (Å²) < 4.78 is 21.5. The second-order valence-electron chi connectivity index (χ2n) is 10.6. The van der Waals surface area contributed by atoms with Gasteiger partial charge >= 0.3 is 5.91 Å². The first-order chi connectivity index (χ1) is 22.6. The second-order valence-corrected chi connectivity index (χ2v) is 11.6. The predicted octanol–water partition coefficient (Wildman–Crippen LogP) is 3.88. The monoisotopic (exact) mass is 660 g/mol. The zero-order valence-electron chi connectivity index (χ0n) is 26.5. The summed E-state index contributed by atoms with van der Waals surface area (Å²) in [5, 5.41) is 0. The first-order valence-corrected chi connectivity index (χ1v) is 15.8. The number of aryl methyl sites for hydroxylation is 2. The van der Waals surface area contributed by atoms with Gasteiger partial charge in [-0.3, -0.25) is 14.4 Å². The van der Waals surface area contributed by atoms with Crippen LogP contribution in [0.25, 0.3) is 21.3 Å². The van der Waals surface area contributed by atoms with E-state index in [1.54, 1.807) is 40.3 Å². The Morgan fingerprint density at radius 2 is 1.66 bits per heavy atom. The van der Waals surface area contributed by atoms with Gasteiger partial charge in [-0.05, 0) is 37.1 Å². The summed E-state index contributed by atoms with van der Waals surface area (Å²) in [6, 6.07) is 6.39. The van der Waals surface area contributed by atoms with Gasteiger partial charge in [-0.25, -0.2) is 9.97 Å². The second kappa shape index (κ2) is 13.9. The lowest BCUT2D eigenvalue weighted by atomic mass is 10.1. The molecule has 15 heteroatoms. The Morgan fingerprint density at radius 3 is 2.32 bits per heavy atom. The third-order valence-electron chi connectivity index (χ3n) is 7.40. The Morgan fingerprint density at radius 1 is 0.979 bits per heavy atom. The van der Waals surface area contributed by atoms with Crippen LogP contribution in [0.1, 0.15) is 69.5 Å². The minimum absolute atomic E-state index is 0.0771. The van der Waals surface area contributed by atoms with E-state index in [1.165, 1.54) is 18.4 Å². The largest absolute Gasteiger partial charge is 0.494 e. The van der Waals surface area contributed by atoms with E-state index in [-0.39, 0.29) is 29.4 Å². The van der Waals surface area contributed by atoms with Crippen LogP contribution in [0.4, 0.5) is 5.95 Å². The Labute approximate surface area is 273 Å². The molecule has 5 rings (SSSR count). The number of nitrogens with two attached hydrogens (primary N) is 3. The van der Waals surface area contributed by atoms with E-state index < -0.39 is 17.7 Å². The lowest BCUT2D eigenvalue weighted by Crippen LogP contribution is -2.17. The molecule has 246 valence electrons. The van der Waals surface area contributed by atoms with Gasteiger partial charge in [-0.2, -0.15) is 4.99 Å². The van der Waals surface area contributed by atoms with Crippen molar-refractivity contribution in [3.63, 3.8) is 0 Å². The number of allylic oxidation sites excluding steroid dienone is 2. The summed E-state index contributed by atoms with van der Waals surface area (Å²) in [6.07, 6.45) is 6.03. The molecule has 3 heterocycles. The van der Waals surface area contributed by atoms with Crippen molar-refractivity contribution in [1.29, 1.82) is 0 Å². The topological polar surface area (TPSA) is 209 Å². The molecule has 14 nitrogen and oxygen atoms in total. The van der Waals surface area contributed by atoms with Gasteiger partial charge in [-0.1, -0.05) is 43.8 Å². The molecule has 0 aliphatic carbocycles. The summed E-state index contributed by atoms with van der Waals surface area (Å²) in [6.45, 7) is 6.64. The molecule has 47 heavy (non-hydrogen) atoms. The van der Waals surface area contributed by atoms with Gasteiger partial charge in [0.15, 0.2) is 10.7 Å². The van der Waals surface area contributed by atoms with Crippen molar-refractivity contribution >= 4 is 56.3 Å². The number of nitrogen functional groups attached to an aromatic ring is 1. The van der Waals surface area contributed by atoms with Crippen LogP contribution in [0.3, 0.4) is 0 Å². The molecular formula is C32H36N8O6S. The fourth-order valence-corrected chi connectivity index (χ4v) is 6.21. The van der Waals surface area contributed by atoms with Crippen molar-refractivity contribution in [2.24, 2.45) is 16.5 Å². The lowest BCUT2D eigenvalue weighted by molar-refractivity contribution is 0.0966. The number of primary amides is 2. The first kappa shape index (κ1) is 32.9. The van der Waals surface area contributed by atoms with Crippen molar-refractivity contribution in [2.75, 3.05) is 19.5 Å². The molecular weight excluding hydrogens is 624 g/mol. The van der Waals surface area contributed by atoms with Gasteiger partial charge in [0.2, 0.25) is 23.5 Å². The summed E-state index contributed by atoms with van der Waals surface area (Å²) in [5.41, 5.74) is 20.2. The number of rotatable bonds is 13. The van der Waals surface area contributed by atoms with Crippen molar-refractivity contribution in [3.8, 4) is 11.5 Å². The number of imidazole rings is 1. The standard InChI is InChI=1S/C32H36N8O6S/c1-5-7-12-45-23-15-18(28(33)41)13-21-25(23)39(31(35)37-21)10-8-9-11-40-26-22(44-4)14-19(29(34)42)16-24(26)47-32(40)38-30(43)27-20(6-2)36-17(3)46-27/h8-9,13-16H,5-7,10-12H2,1-4H3,(H2,33,41)(H2,34,42)(H2,35,37)/b9-8+,38-32?. The summed E-state index contributed by atoms with van der Waals surface area (Å²) in [7, 11) is 1.49. The van der Waals surface area contributed by atoms with E-state index in [0.29, 0.717) is 68.7 Å². The number of benzene rings is 2. The summed E-state index contributed by atoms with van der Waals surface area (Å²) >= 11 is 1.21. The number of hydrogen-bond acceptors (Lipinski definition) is 10. The number of ether oxygens (including phenoxy) is 2. The molecule has 0 saturated carbocycles. The van der Waals surface area contributed by atoms with E-state index >= 15 is 0 Å². The SMILES string of the molecule is CCCCOc1cc(C(N)=O)cc2nc(N)n(C/C=C/Cn3c(=NC(=O)c4oc(C)nc4CC)sc4cc(C(N)=O)cc(OC)c43)c12. The highest BCUT2D eigenvalue weighted by atomic mass is 32.1. The molecule has 0 radical (unpaired) electrons. The Kier molecular flexibility index (Phi) is 9.75. The molecule has 0 fully saturated rings. The van der Waals surface area contributed by atoms with Gasteiger partial charge in [0.05, 0.1) is 29.6 Å². The number of methoxy groups -OCH3 is 1. The minimum Gasteiger partial charge on any atom is -0.494 e. The van der Waals surface area contributed by atoms with Crippen LogP contribution in [0, 0.1) is 6.92 Å². The molecule has 0 spiro atoms. The number of anilines is 1. The molecule has 3 amide bonds. The quantitative estimate of drug-likeness (QED) is 0.123. The van der Waals surface area contributed by atoms with Crippen LogP contribution in [-0.4, -0.2) is 50.5 Å². The molecule has 0 saturated heterocycles. The number of carbonyl (C=O) groups is 3. The van der Waals surface area contributed by atoms with E-state index in [2.05, 4.69) is 21.9 Å². The number of oxazole rings is 1. The Balaban J connectivity index is 1.55. The molecule has 0 aliphatic rings. The fourth-order valence-electron chi connectivity index (χ4n) is 5.11. The average molecular weight is 661 g/mol. The number of amides is 3. The first-order valence-electron chi connectivity index (χ1n) is 15.0. The number of thiazole rings is 1. The van der Waals surface area contributed by atoms with E-state index in [4.69, 9.17) is 31.1 Å². The van der Waals surface area contributed by atoms with Crippen LogP contribution < -0.4 is 31.5 Å². The predicted molar refractivity (Wildman–Crippen MR) is 178 cm³/mol. The smallest absolute Gasteiger partial charge is 0.317 e. The van der Waals surface area contributed by atoms with Crippen molar-refractivity contribution in [2.45, 2.75) is 53.1 Å². The number of hydrogen-bond donors (Lipinski definition) is 3. The normalized spacial score (nSPS) is 12.0. The Bertz CT molecular complexity index is 2100. The maximum Gasteiger partial charge on any atom is 0.317 e. The fraction of sp³-hybridized carbons (Fsp3) is 0.312. The van der Waals surface area contributed by atoms with Crippen LogP contribution in [0.5, 0.6) is 11.5 Å². The van der Waals surface area contributed by atoms with E-state index in [9.17, 15) is 14.4 Å². The maximum atomic E-state index is 13.3. The van der Waals surface area contributed by atoms with Crippen LogP contribution >= 0.6 is 11.3 Å². The van der Waals surface area contributed by atoms with Crippen molar-refractivity contribution in [1.82, 2.24) is 19.1 Å². The van der Waals surface area contributed by atoms with Crippen molar-refractivity contribution in [3.05, 3.63) is 69.7 Å². The highest BCUT2D eigenvalue weighted by Gasteiger charge is 2.20. The number of unbranched alkanes of at least 4 members (excludes halogenated alkanes) is 1. The Hall–Kier alpha value is -5.44. The highest BCUT2D eigenvalue weighted by Crippen LogP contribution is 2.31. The van der Waals surface area contributed by atoms with E-state index in [1.807, 2.05) is 19.1 Å². The van der Waals surface area contributed by atoms with Gasteiger partial charge in [-0.15, -0.1) is 0 Å². The molecule has 0 bridgehead atoms. The molecule has 2 aromatic carbocycles. The number of carbonyl (C=O) groups excluding carboxylic acids is 3. The summed E-state index contributed by atoms with van der Waals surface area (Å²) in [5.74, 6) is -0.253. The van der Waals surface area contributed by atoms with Crippen LogP contribution in [0.15, 0.2) is 45.8 Å². The number of aromatic nitrogens is 4.